The molecule has 0 fully saturated rings. The first-order valence-electron chi connectivity index (χ1n) is 8.37. The minimum atomic E-state index is -0.717. The number of carbonyl (C=O) groups is 1. The van der Waals surface area contributed by atoms with Crippen LogP contribution in [0.4, 0.5) is 0 Å². The van der Waals surface area contributed by atoms with Crippen molar-refractivity contribution in [3.8, 4) is 11.5 Å². The summed E-state index contributed by atoms with van der Waals surface area (Å²) in [5.74, 6) is 0.143. The van der Waals surface area contributed by atoms with E-state index in [0.29, 0.717) is 28.3 Å². The maximum atomic E-state index is 12.5. The summed E-state index contributed by atoms with van der Waals surface area (Å²) >= 11 is 0. The van der Waals surface area contributed by atoms with Crippen molar-refractivity contribution in [1.29, 1.82) is 0 Å². The van der Waals surface area contributed by atoms with Crippen molar-refractivity contribution in [3.63, 3.8) is 0 Å². The Hall–Kier alpha value is -3.88. The molecule has 1 N–H and O–H groups in total. The summed E-state index contributed by atoms with van der Waals surface area (Å²) in [5, 5.41) is 18.6. The van der Waals surface area contributed by atoms with Gasteiger partial charge in [0, 0.05) is 13.1 Å². The predicted molar refractivity (Wildman–Crippen MR) is 99.5 cm³/mol. The zero-order valence-electron chi connectivity index (χ0n) is 15.1. The topological polar surface area (TPSA) is 108 Å². The highest BCUT2D eigenvalue weighted by molar-refractivity contribution is 5.92. The van der Waals surface area contributed by atoms with Crippen molar-refractivity contribution in [3.05, 3.63) is 64.2 Å². The van der Waals surface area contributed by atoms with Crippen molar-refractivity contribution in [2.45, 2.75) is 6.61 Å². The zero-order chi connectivity index (χ0) is 19.8. The van der Waals surface area contributed by atoms with E-state index in [1.54, 1.807) is 41.8 Å². The van der Waals surface area contributed by atoms with Crippen molar-refractivity contribution in [2.75, 3.05) is 7.11 Å². The lowest BCUT2D eigenvalue weighted by molar-refractivity contribution is 0.0458. The van der Waals surface area contributed by atoms with Crippen LogP contribution in [-0.4, -0.2) is 37.4 Å². The number of aryl methyl sites for hydroxylation is 1. The number of phenols is 1. The Morgan fingerprint density at radius 2 is 1.96 bits per heavy atom. The molecule has 4 aromatic rings. The van der Waals surface area contributed by atoms with E-state index in [-0.39, 0.29) is 23.5 Å². The van der Waals surface area contributed by atoms with Crippen LogP contribution in [0.1, 0.15) is 16.2 Å². The molecule has 2 aromatic carbocycles. The molecule has 4 rings (SSSR count). The fraction of sp³-hybridized carbons (Fsp3) is 0.158. The Labute approximate surface area is 158 Å². The van der Waals surface area contributed by atoms with Crippen molar-refractivity contribution in [1.82, 2.24) is 19.2 Å². The molecular weight excluding hydrogens is 364 g/mol. The summed E-state index contributed by atoms with van der Waals surface area (Å²) in [7, 11) is 3.06. The fourth-order valence-corrected chi connectivity index (χ4v) is 3.00. The minimum absolute atomic E-state index is 0.00637. The summed E-state index contributed by atoms with van der Waals surface area (Å²) < 4.78 is 13.3. The zero-order valence-corrected chi connectivity index (χ0v) is 15.1. The van der Waals surface area contributed by atoms with Crippen LogP contribution in [0.5, 0.6) is 11.5 Å². The smallest absolute Gasteiger partial charge is 0.342 e. The van der Waals surface area contributed by atoms with Crippen LogP contribution in [0.2, 0.25) is 0 Å². The number of para-hydroxylation sites is 1. The molecule has 0 radical (unpaired) electrons. The predicted octanol–water partition coefficient (Wildman–Crippen LogP) is 1.65. The lowest BCUT2D eigenvalue weighted by Gasteiger charge is -2.09. The molecule has 2 heterocycles. The van der Waals surface area contributed by atoms with Gasteiger partial charge >= 0.3 is 5.97 Å². The summed E-state index contributed by atoms with van der Waals surface area (Å²) in [5.41, 5.74) is 0.429. The van der Waals surface area contributed by atoms with Crippen molar-refractivity contribution < 1.29 is 19.4 Å². The summed E-state index contributed by atoms with van der Waals surface area (Å²) in [4.78, 5) is 24.8. The molecule has 0 aliphatic rings. The first-order chi connectivity index (χ1) is 13.5. The third-order valence-corrected chi connectivity index (χ3v) is 4.45. The first kappa shape index (κ1) is 17.5. The molecule has 0 spiro atoms. The van der Waals surface area contributed by atoms with Gasteiger partial charge in [0.15, 0.2) is 12.4 Å². The van der Waals surface area contributed by atoms with E-state index < -0.39 is 5.97 Å². The van der Waals surface area contributed by atoms with Crippen molar-refractivity contribution in [2.24, 2.45) is 7.05 Å². The van der Waals surface area contributed by atoms with Crippen molar-refractivity contribution >= 4 is 22.6 Å². The van der Waals surface area contributed by atoms with Crippen LogP contribution in [-0.2, 0) is 18.4 Å². The molecule has 0 saturated carbocycles. The number of fused-ring (bicyclic) bond motifs is 3. The highest BCUT2D eigenvalue weighted by atomic mass is 16.5. The minimum Gasteiger partial charge on any atom is -0.507 e. The highest BCUT2D eigenvalue weighted by Gasteiger charge is 2.18. The van der Waals surface area contributed by atoms with Crippen LogP contribution in [0.3, 0.4) is 0 Å². The van der Waals surface area contributed by atoms with Gasteiger partial charge in [-0.05, 0) is 24.3 Å². The Morgan fingerprint density at radius 1 is 1.18 bits per heavy atom. The number of carbonyl (C=O) groups excluding carboxylic acids is 1. The monoisotopic (exact) mass is 380 g/mol. The number of aromatic hydroxyl groups is 1. The van der Waals surface area contributed by atoms with Crippen LogP contribution in [0, 0.1) is 0 Å². The van der Waals surface area contributed by atoms with Gasteiger partial charge in [-0.15, -0.1) is 10.2 Å². The van der Waals surface area contributed by atoms with Crippen LogP contribution >= 0.6 is 0 Å². The van der Waals surface area contributed by atoms with Gasteiger partial charge in [-0.2, -0.15) is 0 Å². The average molecular weight is 380 g/mol. The SMILES string of the molecule is COc1ccc(C(=O)OCc2nnc3n(C)c(=O)c4ccccc4n23)c(O)c1. The average Bonchev–Trinajstić information content (AvgIpc) is 3.14. The number of esters is 1. The quantitative estimate of drug-likeness (QED) is 0.536. The molecule has 0 amide bonds. The molecule has 0 saturated heterocycles. The molecule has 0 bridgehead atoms. The highest BCUT2D eigenvalue weighted by Crippen LogP contribution is 2.24. The number of hydrogen-bond acceptors (Lipinski definition) is 7. The number of phenolic OH excluding ortho intramolecular Hbond substituents is 1. The standard InChI is InChI=1S/C19H16N4O5/c1-22-17(25)12-5-3-4-6-14(12)23-16(20-21-19(22)23)10-28-18(26)13-8-7-11(27-2)9-15(13)24/h3-9,24H,10H2,1-2H3. The second kappa shape index (κ2) is 6.69. The van der Waals surface area contributed by atoms with E-state index in [9.17, 15) is 14.7 Å². The number of benzene rings is 2. The molecular formula is C19H16N4O5. The normalized spacial score (nSPS) is 11.1. The lowest BCUT2D eigenvalue weighted by atomic mass is 10.2. The van der Waals surface area contributed by atoms with Gasteiger partial charge in [0.1, 0.15) is 17.1 Å². The van der Waals surface area contributed by atoms with Gasteiger partial charge in [0.2, 0.25) is 5.78 Å². The van der Waals surface area contributed by atoms with Crippen LogP contribution in [0.15, 0.2) is 47.3 Å². The molecule has 9 nitrogen and oxygen atoms in total. The van der Waals surface area contributed by atoms with Gasteiger partial charge in [-0.25, -0.2) is 4.79 Å². The largest absolute Gasteiger partial charge is 0.507 e. The van der Waals surface area contributed by atoms with E-state index in [0.717, 1.165) is 0 Å². The molecule has 0 aliphatic carbocycles. The Kier molecular flexibility index (Phi) is 4.19. The molecule has 0 atom stereocenters. The maximum Gasteiger partial charge on any atom is 0.342 e. The van der Waals surface area contributed by atoms with Crippen LogP contribution in [0.25, 0.3) is 16.7 Å². The molecule has 9 heteroatoms. The third-order valence-electron chi connectivity index (χ3n) is 4.45. The summed E-state index contributed by atoms with van der Waals surface area (Å²) in [6, 6.07) is 11.3. The molecule has 142 valence electrons. The Morgan fingerprint density at radius 3 is 2.71 bits per heavy atom. The first-order valence-corrected chi connectivity index (χ1v) is 8.37. The number of ether oxygens (including phenoxy) is 2. The van der Waals surface area contributed by atoms with Gasteiger partial charge < -0.3 is 14.6 Å². The number of methoxy groups -OCH3 is 1. The number of nitrogens with zero attached hydrogens (tertiary/aromatic N) is 4. The lowest BCUT2D eigenvalue weighted by Crippen LogP contribution is -2.20. The number of hydrogen-bond donors (Lipinski definition) is 1. The second-order valence-corrected chi connectivity index (χ2v) is 6.09. The number of aromatic nitrogens is 4. The fourth-order valence-electron chi connectivity index (χ4n) is 3.00. The second-order valence-electron chi connectivity index (χ2n) is 6.09. The molecule has 0 unspecified atom stereocenters. The summed E-state index contributed by atoms with van der Waals surface area (Å²) in [6.07, 6.45) is 0. The molecule has 28 heavy (non-hydrogen) atoms. The molecule has 2 aromatic heterocycles. The van der Waals surface area contributed by atoms with E-state index in [2.05, 4.69) is 10.2 Å². The Balaban J connectivity index is 1.70. The van der Waals surface area contributed by atoms with Crippen LogP contribution < -0.4 is 10.3 Å². The maximum absolute atomic E-state index is 12.5. The van der Waals surface area contributed by atoms with Gasteiger partial charge in [0.05, 0.1) is 18.0 Å². The summed E-state index contributed by atoms with van der Waals surface area (Å²) in [6.45, 7) is -0.187. The number of rotatable bonds is 4. The van der Waals surface area contributed by atoms with Gasteiger partial charge in [-0.1, -0.05) is 12.1 Å². The van der Waals surface area contributed by atoms with E-state index in [1.165, 1.54) is 23.8 Å². The van der Waals surface area contributed by atoms with E-state index in [4.69, 9.17) is 9.47 Å². The van der Waals surface area contributed by atoms with E-state index in [1.807, 2.05) is 0 Å². The van der Waals surface area contributed by atoms with E-state index >= 15 is 0 Å². The van der Waals surface area contributed by atoms with Gasteiger partial charge in [0.25, 0.3) is 5.56 Å². The van der Waals surface area contributed by atoms with Gasteiger partial charge in [-0.3, -0.25) is 13.8 Å². The molecule has 0 aliphatic heterocycles. The Bertz CT molecular complexity index is 1270. The third kappa shape index (κ3) is 2.73.